The lowest BCUT2D eigenvalue weighted by molar-refractivity contribution is 0.120. The van der Waals surface area contributed by atoms with E-state index < -0.39 is 0 Å². The predicted octanol–water partition coefficient (Wildman–Crippen LogP) is 1.50. The van der Waals surface area contributed by atoms with Crippen LogP contribution in [0.1, 0.15) is 19.8 Å². The number of anilines is 2. The Balaban J connectivity index is 1.85. The van der Waals surface area contributed by atoms with Crippen LogP contribution in [0, 0.1) is 0 Å². The summed E-state index contributed by atoms with van der Waals surface area (Å²) in [5.74, 6) is 1.52. The molecule has 1 atom stereocenters. The van der Waals surface area contributed by atoms with Crippen molar-refractivity contribution < 1.29 is 4.74 Å². The van der Waals surface area contributed by atoms with Crippen molar-refractivity contribution in [2.75, 3.05) is 30.3 Å². The first kappa shape index (κ1) is 11.1. The molecule has 1 fully saturated rings. The molecule has 0 amide bonds. The van der Waals surface area contributed by atoms with Gasteiger partial charge in [-0.05, 0) is 25.8 Å². The third kappa shape index (κ3) is 3.06. The molecule has 2 rings (SSSR count). The van der Waals surface area contributed by atoms with Crippen molar-refractivity contribution in [3.05, 3.63) is 12.3 Å². The van der Waals surface area contributed by atoms with Crippen molar-refractivity contribution in [2.45, 2.75) is 25.9 Å². The fraction of sp³-hybridized carbons (Fsp3) is 0.636. The SMILES string of the molecule is CCNc1ccnc(NC[C@H]2CCCO2)n1. The van der Waals surface area contributed by atoms with Gasteiger partial charge in [0.15, 0.2) is 0 Å². The smallest absolute Gasteiger partial charge is 0.224 e. The minimum atomic E-state index is 0.311. The second kappa shape index (κ2) is 5.65. The molecule has 1 aliphatic heterocycles. The van der Waals surface area contributed by atoms with E-state index in [1.54, 1.807) is 6.20 Å². The molecule has 1 aliphatic rings. The highest BCUT2D eigenvalue weighted by Gasteiger charge is 2.15. The molecule has 0 spiro atoms. The van der Waals surface area contributed by atoms with Crippen LogP contribution < -0.4 is 10.6 Å². The normalized spacial score (nSPS) is 19.7. The van der Waals surface area contributed by atoms with Crippen LogP contribution in [0.2, 0.25) is 0 Å². The Bertz CT molecular complexity index is 326. The second-order valence-electron chi connectivity index (χ2n) is 3.81. The van der Waals surface area contributed by atoms with Gasteiger partial charge in [0.2, 0.25) is 5.95 Å². The lowest BCUT2D eigenvalue weighted by atomic mass is 10.2. The Kier molecular flexibility index (Phi) is 3.93. The molecule has 0 bridgehead atoms. The van der Waals surface area contributed by atoms with Crippen LogP contribution in [0.3, 0.4) is 0 Å². The van der Waals surface area contributed by atoms with Gasteiger partial charge in [-0.2, -0.15) is 4.98 Å². The molecule has 1 saturated heterocycles. The number of nitrogens with one attached hydrogen (secondary N) is 2. The number of ether oxygens (including phenoxy) is 1. The van der Waals surface area contributed by atoms with Gasteiger partial charge in [-0.15, -0.1) is 0 Å². The van der Waals surface area contributed by atoms with Crippen molar-refractivity contribution in [1.82, 2.24) is 9.97 Å². The Morgan fingerprint density at radius 1 is 1.50 bits per heavy atom. The van der Waals surface area contributed by atoms with Gasteiger partial charge in [-0.25, -0.2) is 4.98 Å². The zero-order valence-corrected chi connectivity index (χ0v) is 9.57. The van der Waals surface area contributed by atoms with E-state index in [-0.39, 0.29) is 0 Å². The van der Waals surface area contributed by atoms with Crippen molar-refractivity contribution in [3.8, 4) is 0 Å². The molecule has 0 aliphatic carbocycles. The second-order valence-corrected chi connectivity index (χ2v) is 3.81. The quantitative estimate of drug-likeness (QED) is 0.790. The summed E-state index contributed by atoms with van der Waals surface area (Å²) in [6.07, 6.45) is 4.35. The fourth-order valence-electron chi connectivity index (χ4n) is 1.73. The number of aromatic nitrogens is 2. The van der Waals surface area contributed by atoms with E-state index in [0.717, 1.165) is 38.4 Å². The van der Waals surface area contributed by atoms with Crippen LogP contribution in [0.25, 0.3) is 0 Å². The average molecular weight is 222 g/mol. The fourth-order valence-corrected chi connectivity index (χ4v) is 1.73. The van der Waals surface area contributed by atoms with Gasteiger partial charge < -0.3 is 15.4 Å². The number of hydrogen-bond donors (Lipinski definition) is 2. The lowest BCUT2D eigenvalue weighted by Gasteiger charge is -2.11. The topological polar surface area (TPSA) is 59.1 Å². The molecule has 0 aromatic carbocycles. The third-order valence-corrected chi connectivity index (χ3v) is 2.53. The number of rotatable bonds is 5. The van der Waals surface area contributed by atoms with Gasteiger partial charge >= 0.3 is 0 Å². The van der Waals surface area contributed by atoms with Crippen LogP contribution in [0.4, 0.5) is 11.8 Å². The summed E-state index contributed by atoms with van der Waals surface area (Å²) in [6, 6.07) is 1.86. The van der Waals surface area contributed by atoms with Gasteiger partial charge in [-0.1, -0.05) is 0 Å². The van der Waals surface area contributed by atoms with Crippen LogP contribution in [0.15, 0.2) is 12.3 Å². The first-order valence-electron chi connectivity index (χ1n) is 5.81. The molecule has 16 heavy (non-hydrogen) atoms. The molecular weight excluding hydrogens is 204 g/mol. The predicted molar refractivity (Wildman–Crippen MR) is 63.7 cm³/mol. The van der Waals surface area contributed by atoms with E-state index in [1.165, 1.54) is 0 Å². The van der Waals surface area contributed by atoms with Crippen molar-refractivity contribution >= 4 is 11.8 Å². The van der Waals surface area contributed by atoms with E-state index in [2.05, 4.69) is 20.6 Å². The van der Waals surface area contributed by atoms with Crippen LogP contribution >= 0.6 is 0 Å². The third-order valence-electron chi connectivity index (χ3n) is 2.53. The monoisotopic (exact) mass is 222 g/mol. The lowest BCUT2D eigenvalue weighted by Crippen LogP contribution is -2.19. The van der Waals surface area contributed by atoms with E-state index in [0.29, 0.717) is 12.1 Å². The molecular formula is C11H18N4O. The van der Waals surface area contributed by atoms with Gasteiger partial charge in [-0.3, -0.25) is 0 Å². The largest absolute Gasteiger partial charge is 0.376 e. The van der Waals surface area contributed by atoms with Gasteiger partial charge in [0.25, 0.3) is 0 Å². The standard InChI is InChI=1S/C11H18N4O/c1-2-12-10-5-6-13-11(15-10)14-8-9-4-3-7-16-9/h5-6,9H,2-4,7-8H2,1H3,(H2,12,13,14,15)/t9-/m1/s1. The van der Waals surface area contributed by atoms with E-state index in [1.807, 2.05) is 13.0 Å². The van der Waals surface area contributed by atoms with Crippen LogP contribution in [-0.2, 0) is 4.74 Å². The molecule has 2 heterocycles. The van der Waals surface area contributed by atoms with Crippen molar-refractivity contribution in [2.24, 2.45) is 0 Å². The molecule has 0 saturated carbocycles. The summed E-state index contributed by atoms with van der Waals surface area (Å²) in [5, 5.41) is 6.35. The molecule has 0 unspecified atom stereocenters. The number of hydrogen-bond acceptors (Lipinski definition) is 5. The summed E-state index contributed by atoms with van der Waals surface area (Å²) in [4.78, 5) is 8.50. The highest BCUT2D eigenvalue weighted by Crippen LogP contribution is 2.12. The molecule has 5 nitrogen and oxygen atoms in total. The molecule has 2 N–H and O–H groups in total. The summed E-state index contributed by atoms with van der Waals surface area (Å²) in [5.41, 5.74) is 0. The average Bonchev–Trinajstić information content (AvgIpc) is 2.80. The summed E-state index contributed by atoms with van der Waals surface area (Å²) >= 11 is 0. The Labute approximate surface area is 95.6 Å². The van der Waals surface area contributed by atoms with Gasteiger partial charge in [0.1, 0.15) is 5.82 Å². The van der Waals surface area contributed by atoms with E-state index in [9.17, 15) is 0 Å². The van der Waals surface area contributed by atoms with Crippen LogP contribution in [0.5, 0.6) is 0 Å². The highest BCUT2D eigenvalue weighted by molar-refractivity contribution is 5.39. The minimum Gasteiger partial charge on any atom is -0.376 e. The Morgan fingerprint density at radius 3 is 3.19 bits per heavy atom. The van der Waals surface area contributed by atoms with Crippen LogP contribution in [-0.4, -0.2) is 35.8 Å². The zero-order valence-electron chi connectivity index (χ0n) is 9.57. The zero-order chi connectivity index (χ0) is 11.2. The van der Waals surface area contributed by atoms with Gasteiger partial charge in [0.05, 0.1) is 6.10 Å². The van der Waals surface area contributed by atoms with Crippen molar-refractivity contribution in [1.29, 1.82) is 0 Å². The van der Waals surface area contributed by atoms with Crippen molar-refractivity contribution in [3.63, 3.8) is 0 Å². The number of nitrogens with zero attached hydrogens (tertiary/aromatic N) is 2. The maximum atomic E-state index is 5.52. The summed E-state index contributed by atoms with van der Waals surface area (Å²) in [7, 11) is 0. The summed E-state index contributed by atoms with van der Waals surface area (Å²) in [6.45, 7) is 4.57. The Morgan fingerprint density at radius 2 is 2.44 bits per heavy atom. The molecule has 0 radical (unpaired) electrons. The maximum Gasteiger partial charge on any atom is 0.224 e. The Hall–Kier alpha value is -1.36. The van der Waals surface area contributed by atoms with E-state index in [4.69, 9.17) is 4.74 Å². The first-order valence-corrected chi connectivity index (χ1v) is 5.81. The molecule has 1 aromatic heterocycles. The first-order chi connectivity index (χ1) is 7.88. The highest BCUT2D eigenvalue weighted by atomic mass is 16.5. The molecule has 88 valence electrons. The molecule has 5 heteroatoms. The minimum absolute atomic E-state index is 0.311. The van der Waals surface area contributed by atoms with E-state index >= 15 is 0 Å². The maximum absolute atomic E-state index is 5.52. The summed E-state index contributed by atoms with van der Waals surface area (Å²) < 4.78 is 5.52. The van der Waals surface area contributed by atoms with Gasteiger partial charge in [0, 0.05) is 25.9 Å². The molecule has 1 aromatic rings.